The van der Waals surface area contributed by atoms with Gasteiger partial charge in [-0.3, -0.25) is 9.59 Å². The minimum absolute atomic E-state index is 0.410. The third-order valence-corrected chi connectivity index (χ3v) is 3.43. The molecule has 2 rings (SSSR count). The highest BCUT2D eigenvalue weighted by molar-refractivity contribution is 6.43. The molecular weight excluding hydrogens is 300 g/mol. The Morgan fingerprint density at radius 3 is 2.55 bits per heavy atom. The quantitative estimate of drug-likeness (QED) is 0.879. The standard InChI is InChI=1S/C17H13ClN2O2/c1-11-5-2-3-8-14(11)15(10-19)16(21)17(22)20-13-7-4-6-12(18)9-13/h2-9,15H,1H3,(H,20,22)/t15-/m0/s1. The Morgan fingerprint density at radius 1 is 1.18 bits per heavy atom. The monoisotopic (exact) mass is 312 g/mol. The molecule has 0 aliphatic heterocycles. The molecule has 2 aromatic rings. The molecule has 0 spiro atoms. The van der Waals surface area contributed by atoms with Gasteiger partial charge in [-0.25, -0.2) is 0 Å². The Morgan fingerprint density at radius 2 is 1.91 bits per heavy atom. The van der Waals surface area contributed by atoms with Gasteiger partial charge in [-0.15, -0.1) is 0 Å². The number of Topliss-reactive ketones (excluding diaryl/α,β-unsaturated/α-hetero) is 1. The van der Waals surface area contributed by atoms with Gasteiger partial charge in [-0.2, -0.15) is 5.26 Å². The SMILES string of the molecule is Cc1ccccc1[C@H](C#N)C(=O)C(=O)Nc1cccc(Cl)c1. The van der Waals surface area contributed by atoms with Crippen molar-refractivity contribution in [3.05, 3.63) is 64.7 Å². The van der Waals surface area contributed by atoms with Crippen molar-refractivity contribution in [2.24, 2.45) is 0 Å². The van der Waals surface area contributed by atoms with Crippen molar-refractivity contribution in [1.82, 2.24) is 0 Å². The van der Waals surface area contributed by atoms with E-state index in [-0.39, 0.29) is 0 Å². The Hall–Kier alpha value is -2.64. The third kappa shape index (κ3) is 3.51. The molecule has 110 valence electrons. The van der Waals surface area contributed by atoms with Crippen molar-refractivity contribution in [1.29, 1.82) is 5.26 Å². The Bertz CT molecular complexity index is 765. The zero-order valence-electron chi connectivity index (χ0n) is 11.8. The van der Waals surface area contributed by atoms with E-state index in [0.717, 1.165) is 5.56 Å². The number of rotatable bonds is 4. The molecule has 1 atom stereocenters. The molecule has 0 aliphatic carbocycles. The van der Waals surface area contributed by atoms with Gasteiger partial charge in [0.25, 0.3) is 5.91 Å². The lowest BCUT2D eigenvalue weighted by molar-refractivity contribution is -0.135. The zero-order chi connectivity index (χ0) is 16.1. The molecule has 0 fully saturated rings. The van der Waals surface area contributed by atoms with Gasteiger partial charge in [0.05, 0.1) is 6.07 Å². The molecule has 0 aromatic heterocycles. The number of nitriles is 1. The van der Waals surface area contributed by atoms with Crippen LogP contribution in [0.15, 0.2) is 48.5 Å². The molecule has 0 heterocycles. The fraction of sp³-hybridized carbons (Fsp3) is 0.118. The molecule has 2 aromatic carbocycles. The topological polar surface area (TPSA) is 70.0 Å². The first-order valence-corrected chi connectivity index (χ1v) is 6.96. The summed E-state index contributed by atoms with van der Waals surface area (Å²) in [6.07, 6.45) is 0. The molecule has 1 amide bonds. The zero-order valence-corrected chi connectivity index (χ0v) is 12.6. The van der Waals surface area contributed by atoms with Crippen LogP contribution >= 0.6 is 11.6 Å². The van der Waals surface area contributed by atoms with Crippen molar-refractivity contribution in [2.45, 2.75) is 12.8 Å². The molecule has 0 radical (unpaired) electrons. The Labute approximate surface area is 133 Å². The van der Waals surface area contributed by atoms with Gasteiger partial charge in [0.2, 0.25) is 5.78 Å². The summed E-state index contributed by atoms with van der Waals surface area (Å²) >= 11 is 5.83. The maximum atomic E-state index is 12.2. The van der Waals surface area contributed by atoms with Gasteiger partial charge in [0, 0.05) is 10.7 Å². The lowest BCUT2D eigenvalue weighted by atomic mass is 9.92. The number of carbonyl (C=O) groups is 2. The normalized spacial score (nSPS) is 11.3. The molecule has 0 aliphatic rings. The fourth-order valence-corrected chi connectivity index (χ4v) is 2.26. The highest BCUT2D eigenvalue weighted by Gasteiger charge is 2.27. The predicted molar refractivity (Wildman–Crippen MR) is 84.6 cm³/mol. The number of nitrogens with zero attached hydrogens (tertiary/aromatic N) is 1. The Kier molecular flexibility index (Phi) is 4.92. The summed E-state index contributed by atoms with van der Waals surface area (Å²) in [6, 6.07) is 15.4. The van der Waals surface area contributed by atoms with E-state index in [2.05, 4.69) is 5.32 Å². The number of benzene rings is 2. The van der Waals surface area contributed by atoms with Crippen LogP contribution in [0, 0.1) is 18.3 Å². The third-order valence-electron chi connectivity index (χ3n) is 3.20. The smallest absolute Gasteiger partial charge is 0.293 e. The second-order valence-corrected chi connectivity index (χ2v) is 5.18. The van der Waals surface area contributed by atoms with Crippen LogP contribution in [-0.2, 0) is 9.59 Å². The molecular formula is C17H13ClN2O2. The number of carbonyl (C=O) groups excluding carboxylic acids is 2. The van der Waals surface area contributed by atoms with Crippen LogP contribution in [0.3, 0.4) is 0 Å². The fourth-order valence-electron chi connectivity index (χ4n) is 2.07. The van der Waals surface area contributed by atoms with E-state index >= 15 is 0 Å². The molecule has 5 heteroatoms. The maximum Gasteiger partial charge on any atom is 0.293 e. The van der Waals surface area contributed by atoms with Gasteiger partial charge in [0.1, 0.15) is 5.92 Å². The molecule has 0 saturated carbocycles. The number of nitrogens with one attached hydrogen (secondary N) is 1. The van der Waals surface area contributed by atoms with Crippen LogP contribution in [0.2, 0.25) is 5.02 Å². The predicted octanol–water partition coefficient (Wildman–Crippen LogP) is 3.46. The van der Waals surface area contributed by atoms with Gasteiger partial charge in [0.15, 0.2) is 0 Å². The van der Waals surface area contributed by atoms with Crippen LogP contribution in [0.4, 0.5) is 5.69 Å². The van der Waals surface area contributed by atoms with Crippen molar-refractivity contribution in [3.8, 4) is 6.07 Å². The largest absolute Gasteiger partial charge is 0.319 e. The van der Waals surface area contributed by atoms with E-state index in [1.807, 2.05) is 12.1 Å². The second-order valence-electron chi connectivity index (χ2n) is 4.75. The van der Waals surface area contributed by atoms with Gasteiger partial charge in [-0.05, 0) is 36.2 Å². The first kappa shape index (κ1) is 15.7. The maximum absolute atomic E-state index is 12.2. The van der Waals surface area contributed by atoms with Gasteiger partial charge in [-0.1, -0.05) is 41.9 Å². The van der Waals surface area contributed by atoms with Crippen LogP contribution in [0.25, 0.3) is 0 Å². The number of ketones is 1. The number of anilines is 1. The van der Waals surface area contributed by atoms with Crippen LogP contribution in [-0.4, -0.2) is 11.7 Å². The minimum Gasteiger partial charge on any atom is -0.319 e. The van der Waals surface area contributed by atoms with Crippen molar-refractivity contribution >= 4 is 29.0 Å². The van der Waals surface area contributed by atoms with Crippen LogP contribution in [0.1, 0.15) is 17.0 Å². The summed E-state index contributed by atoms with van der Waals surface area (Å²) in [5.74, 6) is -2.76. The number of hydrogen-bond donors (Lipinski definition) is 1. The molecule has 0 saturated heterocycles. The summed E-state index contributed by atoms with van der Waals surface area (Å²) in [7, 11) is 0. The summed E-state index contributed by atoms with van der Waals surface area (Å²) in [4.78, 5) is 24.3. The number of aryl methyl sites for hydroxylation is 1. The van der Waals surface area contributed by atoms with E-state index in [9.17, 15) is 14.9 Å². The first-order valence-electron chi connectivity index (χ1n) is 6.59. The van der Waals surface area contributed by atoms with E-state index in [1.165, 1.54) is 6.07 Å². The minimum atomic E-state index is -1.12. The number of hydrogen-bond acceptors (Lipinski definition) is 3. The van der Waals surface area contributed by atoms with E-state index in [1.54, 1.807) is 43.3 Å². The van der Waals surface area contributed by atoms with E-state index in [4.69, 9.17) is 11.6 Å². The van der Waals surface area contributed by atoms with Crippen LogP contribution < -0.4 is 5.32 Å². The second kappa shape index (κ2) is 6.88. The van der Waals surface area contributed by atoms with Crippen molar-refractivity contribution in [3.63, 3.8) is 0 Å². The molecule has 22 heavy (non-hydrogen) atoms. The number of halogens is 1. The molecule has 0 bridgehead atoms. The number of amides is 1. The molecule has 4 nitrogen and oxygen atoms in total. The lowest BCUT2D eigenvalue weighted by Gasteiger charge is -2.11. The summed E-state index contributed by atoms with van der Waals surface area (Å²) in [6.45, 7) is 1.79. The molecule has 1 N–H and O–H groups in total. The average molecular weight is 313 g/mol. The Balaban J connectivity index is 2.21. The van der Waals surface area contributed by atoms with Crippen molar-refractivity contribution in [2.75, 3.05) is 5.32 Å². The average Bonchev–Trinajstić information content (AvgIpc) is 2.49. The summed E-state index contributed by atoms with van der Waals surface area (Å²) < 4.78 is 0. The van der Waals surface area contributed by atoms with Crippen molar-refractivity contribution < 1.29 is 9.59 Å². The summed E-state index contributed by atoms with van der Waals surface area (Å²) in [5, 5.41) is 12.2. The lowest BCUT2D eigenvalue weighted by Crippen LogP contribution is -2.28. The highest BCUT2D eigenvalue weighted by Crippen LogP contribution is 2.21. The molecule has 0 unspecified atom stereocenters. The van der Waals surface area contributed by atoms with E-state index in [0.29, 0.717) is 16.3 Å². The van der Waals surface area contributed by atoms with E-state index < -0.39 is 17.6 Å². The summed E-state index contributed by atoms with van der Waals surface area (Å²) in [5.41, 5.74) is 1.74. The van der Waals surface area contributed by atoms with Crippen LogP contribution in [0.5, 0.6) is 0 Å². The van der Waals surface area contributed by atoms with Gasteiger partial charge >= 0.3 is 0 Å². The van der Waals surface area contributed by atoms with Gasteiger partial charge < -0.3 is 5.32 Å². The first-order chi connectivity index (χ1) is 10.5. The highest BCUT2D eigenvalue weighted by atomic mass is 35.5.